The molecular weight excluding hydrogens is 189 g/mol. The standard InChI is InChI=1S/C13H16FN/c1-5-9-11(6-2)12(7-3)13(14)10-15-8-4/h5-10H,3-4H2,1-2H3/b9-5-,11-6+,13-12-,15-10?. The van der Waals surface area contributed by atoms with Crippen LogP contribution in [0.5, 0.6) is 0 Å². The van der Waals surface area contributed by atoms with Crippen LogP contribution in [0.4, 0.5) is 4.39 Å². The van der Waals surface area contributed by atoms with Crippen molar-refractivity contribution in [2.24, 2.45) is 4.99 Å². The number of hydrogen-bond acceptors (Lipinski definition) is 1. The van der Waals surface area contributed by atoms with Crippen LogP contribution >= 0.6 is 0 Å². The molecule has 0 aromatic rings. The topological polar surface area (TPSA) is 12.4 Å². The van der Waals surface area contributed by atoms with E-state index >= 15 is 0 Å². The Morgan fingerprint density at radius 2 is 1.93 bits per heavy atom. The van der Waals surface area contributed by atoms with Gasteiger partial charge in [0.15, 0.2) is 0 Å². The van der Waals surface area contributed by atoms with Crippen molar-refractivity contribution in [3.8, 4) is 0 Å². The van der Waals surface area contributed by atoms with E-state index in [0.717, 1.165) is 11.8 Å². The zero-order chi connectivity index (χ0) is 11.7. The Morgan fingerprint density at radius 1 is 1.27 bits per heavy atom. The Kier molecular flexibility index (Phi) is 6.81. The maximum Gasteiger partial charge on any atom is 0.149 e. The second kappa shape index (κ2) is 7.68. The highest BCUT2D eigenvalue weighted by Gasteiger charge is 2.03. The minimum absolute atomic E-state index is 0.420. The van der Waals surface area contributed by atoms with Crippen molar-refractivity contribution in [2.75, 3.05) is 0 Å². The molecule has 0 aromatic heterocycles. The van der Waals surface area contributed by atoms with E-state index < -0.39 is 5.83 Å². The predicted molar refractivity (Wildman–Crippen MR) is 65.6 cm³/mol. The van der Waals surface area contributed by atoms with E-state index in [0.29, 0.717) is 5.57 Å². The molecule has 0 rings (SSSR count). The van der Waals surface area contributed by atoms with Crippen LogP contribution in [0.25, 0.3) is 0 Å². The van der Waals surface area contributed by atoms with E-state index in [4.69, 9.17) is 0 Å². The van der Waals surface area contributed by atoms with Gasteiger partial charge >= 0.3 is 0 Å². The van der Waals surface area contributed by atoms with Crippen molar-refractivity contribution in [1.82, 2.24) is 0 Å². The number of allylic oxidation sites excluding steroid dienone is 7. The number of aliphatic imine (C=N–C) groups is 1. The van der Waals surface area contributed by atoms with Crippen molar-refractivity contribution < 1.29 is 4.39 Å². The fourth-order valence-corrected chi connectivity index (χ4v) is 1.06. The first-order chi connectivity index (χ1) is 7.21. The quantitative estimate of drug-likeness (QED) is 0.472. The summed E-state index contributed by atoms with van der Waals surface area (Å²) >= 11 is 0. The van der Waals surface area contributed by atoms with Crippen LogP contribution in [0.15, 0.2) is 65.6 Å². The molecule has 0 aliphatic rings. The van der Waals surface area contributed by atoms with Crippen LogP contribution in [0.3, 0.4) is 0 Å². The zero-order valence-electron chi connectivity index (χ0n) is 9.20. The minimum Gasteiger partial charge on any atom is -0.262 e. The van der Waals surface area contributed by atoms with Gasteiger partial charge in [0.05, 0.1) is 6.21 Å². The zero-order valence-corrected chi connectivity index (χ0v) is 9.20. The molecular formula is C13H16FN. The third kappa shape index (κ3) is 4.36. The highest BCUT2D eigenvalue weighted by atomic mass is 19.1. The molecule has 0 aliphatic carbocycles. The van der Waals surface area contributed by atoms with E-state index in [1.165, 1.54) is 12.3 Å². The third-order valence-electron chi connectivity index (χ3n) is 1.72. The Balaban J connectivity index is 5.27. The average molecular weight is 205 g/mol. The van der Waals surface area contributed by atoms with Gasteiger partial charge in [-0.15, -0.1) is 0 Å². The van der Waals surface area contributed by atoms with E-state index in [1.807, 2.05) is 32.1 Å². The van der Waals surface area contributed by atoms with Crippen molar-refractivity contribution in [3.05, 3.63) is 60.6 Å². The molecule has 0 atom stereocenters. The summed E-state index contributed by atoms with van der Waals surface area (Å²) in [7, 11) is 0. The molecule has 1 nitrogen and oxygen atoms in total. The molecule has 0 aromatic carbocycles. The number of nitrogens with zero attached hydrogens (tertiary/aromatic N) is 1. The van der Waals surface area contributed by atoms with Gasteiger partial charge in [-0.3, -0.25) is 4.99 Å². The van der Waals surface area contributed by atoms with Crippen LogP contribution in [-0.2, 0) is 0 Å². The predicted octanol–water partition coefficient (Wildman–Crippen LogP) is 4.13. The van der Waals surface area contributed by atoms with Crippen LogP contribution in [0, 0.1) is 0 Å². The second-order valence-electron chi connectivity index (χ2n) is 2.67. The van der Waals surface area contributed by atoms with Crippen molar-refractivity contribution in [3.63, 3.8) is 0 Å². The molecule has 0 unspecified atom stereocenters. The highest BCUT2D eigenvalue weighted by Crippen LogP contribution is 2.17. The van der Waals surface area contributed by atoms with Crippen LogP contribution in [0.1, 0.15) is 13.8 Å². The molecule has 15 heavy (non-hydrogen) atoms. The fourth-order valence-electron chi connectivity index (χ4n) is 1.06. The van der Waals surface area contributed by atoms with Gasteiger partial charge in [0.25, 0.3) is 0 Å². The molecule has 0 amide bonds. The van der Waals surface area contributed by atoms with Gasteiger partial charge in [-0.1, -0.05) is 37.5 Å². The Bertz CT molecular complexity index is 344. The van der Waals surface area contributed by atoms with Gasteiger partial charge < -0.3 is 0 Å². The molecule has 0 saturated carbocycles. The molecule has 0 bridgehead atoms. The summed E-state index contributed by atoms with van der Waals surface area (Å²) in [6.45, 7) is 10.7. The first kappa shape index (κ1) is 13.3. The molecule has 0 fully saturated rings. The van der Waals surface area contributed by atoms with E-state index in [-0.39, 0.29) is 0 Å². The van der Waals surface area contributed by atoms with Gasteiger partial charge in [-0.25, -0.2) is 4.39 Å². The lowest BCUT2D eigenvalue weighted by atomic mass is 10.0. The molecule has 0 spiro atoms. The van der Waals surface area contributed by atoms with Crippen molar-refractivity contribution in [1.29, 1.82) is 0 Å². The lowest BCUT2D eigenvalue weighted by molar-refractivity contribution is 0.680. The van der Waals surface area contributed by atoms with Crippen LogP contribution in [-0.4, -0.2) is 6.21 Å². The van der Waals surface area contributed by atoms with E-state index in [1.54, 1.807) is 0 Å². The SMILES string of the molecule is C=CN=C/C(F)=C(C=C)/C(/C=C\C)=C/C. The molecule has 0 saturated heterocycles. The Morgan fingerprint density at radius 3 is 2.33 bits per heavy atom. The summed E-state index contributed by atoms with van der Waals surface area (Å²) in [6, 6.07) is 0. The third-order valence-corrected chi connectivity index (χ3v) is 1.72. The van der Waals surface area contributed by atoms with Crippen molar-refractivity contribution in [2.45, 2.75) is 13.8 Å². The summed E-state index contributed by atoms with van der Waals surface area (Å²) in [5, 5.41) is 0. The van der Waals surface area contributed by atoms with Gasteiger partial charge in [0, 0.05) is 11.8 Å². The maximum atomic E-state index is 13.6. The molecule has 0 radical (unpaired) electrons. The summed E-state index contributed by atoms with van der Waals surface area (Å²) in [5.41, 5.74) is 1.21. The second-order valence-corrected chi connectivity index (χ2v) is 2.67. The van der Waals surface area contributed by atoms with Crippen LogP contribution < -0.4 is 0 Å². The van der Waals surface area contributed by atoms with Gasteiger partial charge in [0.2, 0.25) is 0 Å². The summed E-state index contributed by atoms with van der Waals surface area (Å²) in [4.78, 5) is 3.62. The van der Waals surface area contributed by atoms with Gasteiger partial charge in [-0.2, -0.15) is 0 Å². The first-order valence-electron chi connectivity index (χ1n) is 4.66. The summed E-state index contributed by atoms with van der Waals surface area (Å²) in [6.07, 6.45) is 9.36. The smallest absolute Gasteiger partial charge is 0.149 e. The first-order valence-corrected chi connectivity index (χ1v) is 4.66. The highest BCUT2D eigenvalue weighted by molar-refractivity contribution is 5.80. The molecule has 2 heteroatoms. The van der Waals surface area contributed by atoms with Gasteiger partial charge in [0.1, 0.15) is 5.83 Å². The maximum absolute atomic E-state index is 13.6. The normalized spacial score (nSPS) is 14.5. The summed E-state index contributed by atoms with van der Waals surface area (Å²) in [5.74, 6) is -0.420. The molecule has 0 heterocycles. The Hall–Kier alpha value is -1.70. The lowest BCUT2D eigenvalue weighted by Crippen LogP contribution is -1.89. The minimum atomic E-state index is -0.420. The fraction of sp³-hybridized carbons (Fsp3) is 0.154. The monoisotopic (exact) mass is 205 g/mol. The number of halogens is 1. The number of rotatable bonds is 5. The molecule has 80 valence electrons. The lowest BCUT2D eigenvalue weighted by Gasteiger charge is -2.02. The molecule has 0 N–H and O–H groups in total. The van der Waals surface area contributed by atoms with Crippen molar-refractivity contribution >= 4 is 6.21 Å². The van der Waals surface area contributed by atoms with Gasteiger partial charge in [-0.05, 0) is 19.4 Å². The van der Waals surface area contributed by atoms with E-state index in [2.05, 4.69) is 18.2 Å². The molecule has 0 aliphatic heterocycles. The Labute approximate surface area is 90.7 Å². The van der Waals surface area contributed by atoms with Crippen LogP contribution in [0.2, 0.25) is 0 Å². The summed E-state index contributed by atoms with van der Waals surface area (Å²) < 4.78 is 13.6. The van der Waals surface area contributed by atoms with E-state index in [9.17, 15) is 4.39 Å². The largest absolute Gasteiger partial charge is 0.262 e. The number of hydrogen-bond donors (Lipinski definition) is 0. The average Bonchev–Trinajstić information content (AvgIpc) is 2.26.